The predicted molar refractivity (Wildman–Crippen MR) is 70.6 cm³/mol. The molecule has 0 bridgehead atoms. The highest BCUT2D eigenvalue weighted by molar-refractivity contribution is 5.54. The molecule has 1 aliphatic rings. The Balaban J connectivity index is 2.16. The molecule has 4 heteroatoms. The SMILES string of the molecule is CCNc1cc(N2CC(C)OCC2C)ccn1. The highest BCUT2D eigenvalue weighted by atomic mass is 16.5. The van der Waals surface area contributed by atoms with Gasteiger partial charge in [-0.05, 0) is 26.8 Å². The molecule has 2 rings (SSSR count). The van der Waals surface area contributed by atoms with Crippen LogP contribution in [-0.2, 0) is 4.74 Å². The van der Waals surface area contributed by atoms with Crippen molar-refractivity contribution >= 4 is 11.5 Å². The first-order valence-corrected chi connectivity index (χ1v) is 6.29. The molecule has 2 atom stereocenters. The van der Waals surface area contributed by atoms with Gasteiger partial charge in [0.2, 0.25) is 0 Å². The molecule has 0 aliphatic carbocycles. The Labute approximate surface area is 103 Å². The topological polar surface area (TPSA) is 37.4 Å². The third-order valence-corrected chi connectivity index (χ3v) is 3.04. The lowest BCUT2D eigenvalue weighted by Gasteiger charge is -2.38. The molecule has 2 heterocycles. The lowest BCUT2D eigenvalue weighted by Crippen LogP contribution is -2.47. The second kappa shape index (κ2) is 5.36. The zero-order chi connectivity index (χ0) is 12.3. The Morgan fingerprint density at radius 3 is 3.12 bits per heavy atom. The average Bonchev–Trinajstić information content (AvgIpc) is 2.33. The monoisotopic (exact) mass is 235 g/mol. The van der Waals surface area contributed by atoms with E-state index in [1.807, 2.05) is 6.20 Å². The maximum absolute atomic E-state index is 5.65. The zero-order valence-electron chi connectivity index (χ0n) is 10.8. The van der Waals surface area contributed by atoms with Crippen molar-refractivity contribution in [2.75, 3.05) is 29.9 Å². The molecule has 94 valence electrons. The van der Waals surface area contributed by atoms with E-state index in [9.17, 15) is 0 Å². The maximum Gasteiger partial charge on any atom is 0.127 e. The Hall–Kier alpha value is -1.29. The lowest BCUT2D eigenvalue weighted by molar-refractivity contribution is 0.0344. The molecule has 1 saturated heterocycles. The summed E-state index contributed by atoms with van der Waals surface area (Å²) in [7, 11) is 0. The minimum absolute atomic E-state index is 0.293. The summed E-state index contributed by atoms with van der Waals surface area (Å²) in [4.78, 5) is 6.68. The molecule has 0 amide bonds. The second-order valence-electron chi connectivity index (χ2n) is 4.57. The normalized spacial score (nSPS) is 24.8. The third-order valence-electron chi connectivity index (χ3n) is 3.04. The second-order valence-corrected chi connectivity index (χ2v) is 4.57. The zero-order valence-corrected chi connectivity index (χ0v) is 10.8. The van der Waals surface area contributed by atoms with E-state index in [1.54, 1.807) is 0 Å². The van der Waals surface area contributed by atoms with Crippen LogP contribution in [0.15, 0.2) is 18.3 Å². The van der Waals surface area contributed by atoms with E-state index in [2.05, 4.69) is 48.1 Å². The Morgan fingerprint density at radius 2 is 2.35 bits per heavy atom. The van der Waals surface area contributed by atoms with Crippen LogP contribution in [0.25, 0.3) is 0 Å². The molecular formula is C13H21N3O. The van der Waals surface area contributed by atoms with Crippen LogP contribution in [0.2, 0.25) is 0 Å². The van der Waals surface area contributed by atoms with Crippen LogP contribution in [0.4, 0.5) is 11.5 Å². The molecular weight excluding hydrogens is 214 g/mol. The standard InChI is InChI=1S/C13H21N3O/c1-4-14-13-7-12(5-6-15-13)16-8-11(3)17-9-10(16)2/h5-7,10-11H,4,8-9H2,1-3H3,(H,14,15). The molecule has 1 aromatic rings. The van der Waals surface area contributed by atoms with Gasteiger partial charge >= 0.3 is 0 Å². The first-order chi connectivity index (χ1) is 8.20. The molecule has 17 heavy (non-hydrogen) atoms. The number of anilines is 2. The molecule has 1 N–H and O–H groups in total. The summed E-state index contributed by atoms with van der Waals surface area (Å²) in [6.45, 7) is 9.01. The quantitative estimate of drug-likeness (QED) is 0.871. The van der Waals surface area contributed by atoms with Gasteiger partial charge in [-0.2, -0.15) is 0 Å². The first kappa shape index (κ1) is 12.2. The van der Waals surface area contributed by atoms with Crippen LogP contribution in [0, 0.1) is 0 Å². The third kappa shape index (κ3) is 2.88. The van der Waals surface area contributed by atoms with Crippen LogP contribution in [-0.4, -0.2) is 36.8 Å². The summed E-state index contributed by atoms with van der Waals surface area (Å²) in [6, 6.07) is 4.59. The molecule has 1 aromatic heterocycles. The lowest BCUT2D eigenvalue weighted by atomic mass is 10.2. The number of ether oxygens (including phenoxy) is 1. The fourth-order valence-corrected chi connectivity index (χ4v) is 2.14. The number of nitrogens with one attached hydrogen (secondary N) is 1. The van der Waals surface area contributed by atoms with Gasteiger partial charge in [0.15, 0.2) is 0 Å². The van der Waals surface area contributed by atoms with Crippen LogP contribution in [0.5, 0.6) is 0 Å². The minimum Gasteiger partial charge on any atom is -0.375 e. The van der Waals surface area contributed by atoms with Crippen LogP contribution < -0.4 is 10.2 Å². The molecule has 0 aromatic carbocycles. The van der Waals surface area contributed by atoms with E-state index in [-0.39, 0.29) is 0 Å². The molecule has 0 saturated carbocycles. The van der Waals surface area contributed by atoms with E-state index in [4.69, 9.17) is 4.74 Å². The van der Waals surface area contributed by atoms with Gasteiger partial charge in [0.05, 0.1) is 12.7 Å². The first-order valence-electron chi connectivity index (χ1n) is 6.29. The largest absolute Gasteiger partial charge is 0.375 e. The van der Waals surface area contributed by atoms with Crippen molar-refractivity contribution in [3.05, 3.63) is 18.3 Å². The average molecular weight is 235 g/mol. The highest BCUT2D eigenvalue weighted by Crippen LogP contribution is 2.23. The number of aromatic nitrogens is 1. The van der Waals surface area contributed by atoms with E-state index in [0.29, 0.717) is 12.1 Å². The van der Waals surface area contributed by atoms with Crippen molar-refractivity contribution in [3.8, 4) is 0 Å². The molecule has 0 spiro atoms. The number of morpholine rings is 1. The predicted octanol–water partition coefficient (Wildman–Crippen LogP) is 2.13. The van der Waals surface area contributed by atoms with Crippen molar-refractivity contribution in [1.82, 2.24) is 4.98 Å². The Morgan fingerprint density at radius 1 is 1.53 bits per heavy atom. The van der Waals surface area contributed by atoms with Gasteiger partial charge in [0, 0.05) is 37.1 Å². The van der Waals surface area contributed by atoms with E-state index in [1.165, 1.54) is 5.69 Å². The minimum atomic E-state index is 0.293. The van der Waals surface area contributed by atoms with E-state index < -0.39 is 0 Å². The van der Waals surface area contributed by atoms with Crippen molar-refractivity contribution in [2.24, 2.45) is 0 Å². The summed E-state index contributed by atoms with van der Waals surface area (Å²) in [5.74, 6) is 0.941. The van der Waals surface area contributed by atoms with Crippen LogP contribution in [0.3, 0.4) is 0 Å². The highest BCUT2D eigenvalue weighted by Gasteiger charge is 2.23. The van der Waals surface area contributed by atoms with Gasteiger partial charge in [-0.25, -0.2) is 4.98 Å². The Kier molecular flexibility index (Phi) is 3.84. The van der Waals surface area contributed by atoms with Crippen LogP contribution >= 0.6 is 0 Å². The number of rotatable bonds is 3. The molecule has 0 radical (unpaired) electrons. The van der Waals surface area contributed by atoms with E-state index >= 15 is 0 Å². The summed E-state index contributed by atoms with van der Waals surface area (Å²) in [5, 5.41) is 3.24. The summed E-state index contributed by atoms with van der Waals surface area (Å²) in [5.41, 5.74) is 1.22. The van der Waals surface area contributed by atoms with Crippen molar-refractivity contribution in [3.63, 3.8) is 0 Å². The van der Waals surface area contributed by atoms with Crippen molar-refractivity contribution in [2.45, 2.75) is 32.9 Å². The Bertz CT molecular complexity index is 369. The van der Waals surface area contributed by atoms with Crippen molar-refractivity contribution in [1.29, 1.82) is 0 Å². The van der Waals surface area contributed by atoms with Gasteiger partial charge < -0.3 is 15.0 Å². The summed E-state index contributed by atoms with van der Waals surface area (Å²) in [6.07, 6.45) is 2.15. The molecule has 1 fully saturated rings. The van der Waals surface area contributed by atoms with Crippen LogP contribution in [0.1, 0.15) is 20.8 Å². The maximum atomic E-state index is 5.65. The molecule has 2 unspecified atom stereocenters. The number of pyridine rings is 1. The van der Waals surface area contributed by atoms with E-state index in [0.717, 1.165) is 25.5 Å². The van der Waals surface area contributed by atoms with Gasteiger partial charge in [-0.15, -0.1) is 0 Å². The van der Waals surface area contributed by atoms with Gasteiger partial charge in [0.25, 0.3) is 0 Å². The molecule has 4 nitrogen and oxygen atoms in total. The van der Waals surface area contributed by atoms with Gasteiger partial charge in [0.1, 0.15) is 5.82 Å². The molecule has 1 aliphatic heterocycles. The fourth-order valence-electron chi connectivity index (χ4n) is 2.14. The van der Waals surface area contributed by atoms with Crippen molar-refractivity contribution < 1.29 is 4.74 Å². The smallest absolute Gasteiger partial charge is 0.127 e. The van der Waals surface area contributed by atoms with Gasteiger partial charge in [-0.1, -0.05) is 0 Å². The number of hydrogen-bond donors (Lipinski definition) is 1. The fraction of sp³-hybridized carbons (Fsp3) is 0.615. The number of nitrogens with zero attached hydrogens (tertiary/aromatic N) is 2. The summed E-state index contributed by atoms with van der Waals surface area (Å²) < 4.78 is 5.65. The summed E-state index contributed by atoms with van der Waals surface area (Å²) >= 11 is 0. The number of hydrogen-bond acceptors (Lipinski definition) is 4. The van der Waals surface area contributed by atoms with Gasteiger partial charge in [-0.3, -0.25) is 0 Å².